The first-order chi connectivity index (χ1) is 47.3. The topological polar surface area (TPSA) is 237 Å². The summed E-state index contributed by atoms with van der Waals surface area (Å²) in [5.41, 5.74) is 0. The molecular formula is C79H154O17P2. The first kappa shape index (κ1) is 96.1. The van der Waals surface area contributed by atoms with Crippen LogP contribution in [0.5, 0.6) is 0 Å². The van der Waals surface area contributed by atoms with Gasteiger partial charge in [0, 0.05) is 25.7 Å². The molecule has 0 heterocycles. The van der Waals surface area contributed by atoms with Gasteiger partial charge < -0.3 is 33.8 Å². The minimum absolute atomic E-state index is 0.106. The zero-order valence-electron chi connectivity index (χ0n) is 64.3. The molecule has 4 unspecified atom stereocenters. The number of carbonyl (C=O) groups excluding carboxylic acids is 4. The van der Waals surface area contributed by atoms with Gasteiger partial charge in [0.15, 0.2) is 12.2 Å². The number of carbonyl (C=O) groups is 4. The molecule has 98 heavy (non-hydrogen) atoms. The third-order valence-corrected chi connectivity index (χ3v) is 21.0. The maximum Gasteiger partial charge on any atom is 0.472 e. The number of ether oxygens (including phenoxy) is 4. The van der Waals surface area contributed by atoms with E-state index in [1.165, 1.54) is 218 Å². The van der Waals surface area contributed by atoms with Gasteiger partial charge in [0.25, 0.3) is 0 Å². The lowest BCUT2D eigenvalue weighted by atomic mass is 9.99. The van der Waals surface area contributed by atoms with Crippen LogP contribution in [0.2, 0.25) is 0 Å². The van der Waals surface area contributed by atoms with E-state index in [9.17, 15) is 43.2 Å². The fraction of sp³-hybridized carbons (Fsp3) is 0.949. The van der Waals surface area contributed by atoms with Crippen LogP contribution >= 0.6 is 15.6 Å². The lowest BCUT2D eigenvalue weighted by Crippen LogP contribution is -2.30. The highest BCUT2D eigenvalue weighted by atomic mass is 31.2. The van der Waals surface area contributed by atoms with Gasteiger partial charge in [-0.05, 0) is 43.4 Å². The summed E-state index contributed by atoms with van der Waals surface area (Å²) in [7, 11) is -9.92. The van der Waals surface area contributed by atoms with Crippen molar-refractivity contribution in [2.45, 2.75) is 426 Å². The summed E-state index contributed by atoms with van der Waals surface area (Å²) >= 11 is 0. The second-order valence-corrected chi connectivity index (χ2v) is 32.3. The Hall–Kier alpha value is -1.94. The molecule has 0 saturated heterocycles. The van der Waals surface area contributed by atoms with Crippen molar-refractivity contribution in [3.8, 4) is 0 Å². The van der Waals surface area contributed by atoms with E-state index in [1.54, 1.807) is 0 Å². The number of phosphoric ester groups is 2. The van der Waals surface area contributed by atoms with E-state index in [0.29, 0.717) is 25.7 Å². The molecular weight excluding hydrogens is 1280 g/mol. The molecule has 0 amide bonds. The summed E-state index contributed by atoms with van der Waals surface area (Å²) < 4.78 is 68.7. The van der Waals surface area contributed by atoms with Gasteiger partial charge in [0.1, 0.15) is 19.3 Å². The zero-order chi connectivity index (χ0) is 72.3. The number of unbranched alkanes of at least 4 members (excludes halogenated alkanes) is 43. The number of rotatable bonds is 77. The second kappa shape index (κ2) is 69.4. The largest absolute Gasteiger partial charge is 0.472 e. The first-order valence-corrected chi connectivity index (χ1v) is 43.9. The highest BCUT2D eigenvalue weighted by molar-refractivity contribution is 7.47. The molecule has 19 heteroatoms. The fourth-order valence-corrected chi connectivity index (χ4v) is 13.6. The number of aliphatic hydroxyl groups is 1. The Morgan fingerprint density at radius 2 is 0.520 bits per heavy atom. The standard InChI is InChI=1S/C79H154O17P2/c1-8-11-12-13-14-15-22-32-39-46-53-60-76(81)89-66-75(96-79(84)63-56-49-42-35-28-27-31-38-45-52-59-72(7)10-3)69-94-98(87,88)92-65-73(80)64-91-97(85,86)93-68-74(67-90-77(82)61-54-47-40-33-25-21-20-23-29-36-43-50-57-70(4)5)95-78(83)62-55-48-41-34-26-19-17-16-18-24-30-37-44-51-58-71(6)9-2/h70-75,80H,8-69H2,1-7H3,(H,85,86)(H,87,88)/t71?,72?,73-,74-,75-/m1/s1. The van der Waals surface area contributed by atoms with E-state index in [1.807, 2.05) is 0 Å². The summed E-state index contributed by atoms with van der Waals surface area (Å²) in [6.45, 7) is 12.0. The highest BCUT2D eigenvalue weighted by Crippen LogP contribution is 2.45. The molecule has 0 aromatic rings. The lowest BCUT2D eigenvalue weighted by Gasteiger charge is -2.21. The van der Waals surface area contributed by atoms with Crippen LogP contribution in [-0.2, 0) is 65.4 Å². The van der Waals surface area contributed by atoms with Gasteiger partial charge in [-0.2, -0.15) is 0 Å². The van der Waals surface area contributed by atoms with Crippen LogP contribution in [0.4, 0.5) is 0 Å². The van der Waals surface area contributed by atoms with Crippen molar-refractivity contribution in [3.63, 3.8) is 0 Å². The minimum atomic E-state index is -4.96. The summed E-state index contributed by atoms with van der Waals surface area (Å²) in [6, 6.07) is 0. The van der Waals surface area contributed by atoms with Crippen molar-refractivity contribution in [1.29, 1.82) is 0 Å². The molecule has 0 fully saturated rings. The van der Waals surface area contributed by atoms with Gasteiger partial charge in [-0.25, -0.2) is 9.13 Å². The second-order valence-electron chi connectivity index (χ2n) is 29.4. The van der Waals surface area contributed by atoms with E-state index < -0.39 is 97.5 Å². The highest BCUT2D eigenvalue weighted by Gasteiger charge is 2.30. The monoisotopic (exact) mass is 1440 g/mol. The van der Waals surface area contributed by atoms with Crippen molar-refractivity contribution in [2.24, 2.45) is 17.8 Å². The fourth-order valence-electron chi connectivity index (χ4n) is 12.1. The normalized spacial score (nSPS) is 14.6. The van der Waals surface area contributed by atoms with Gasteiger partial charge in [0.2, 0.25) is 0 Å². The molecule has 0 aliphatic carbocycles. The van der Waals surface area contributed by atoms with Gasteiger partial charge in [-0.15, -0.1) is 0 Å². The zero-order valence-corrected chi connectivity index (χ0v) is 66.0. The van der Waals surface area contributed by atoms with Crippen LogP contribution in [0, 0.1) is 17.8 Å². The number of esters is 4. The molecule has 582 valence electrons. The van der Waals surface area contributed by atoms with Crippen LogP contribution < -0.4 is 0 Å². The maximum absolute atomic E-state index is 13.1. The molecule has 0 rings (SSSR count). The molecule has 0 aromatic heterocycles. The molecule has 17 nitrogen and oxygen atoms in total. The third-order valence-electron chi connectivity index (χ3n) is 19.1. The van der Waals surface area contributed by atoms with E-state index in [-0.39, 0.29) is 25.7 Å². The van der Waals surface area contributed by atoms with Crippen LogP contribution in [0.3, 0.4) is 0 Å². The summed E-state index contributed by atoms with van der Waals surface area (Å²) in [5.74, 6) is 0.319. The number of hydrogen-bond donors (Lipinski definition) is 3. The Balaban J connectivity index is 5.27. The number of hydrogen-bond acceptors (Lipinski definition) is 15. The van der Waals surface area contributed by atoms with Crippen LogP contribution in [0.25, 0.3) is 0 Å². The molecule has 0 bridgehead atoms. The van der Waals surface area contributed by atoms with Crippen molar-refractivity contribution in [2.75, 3.05) is 39.6 Å². The molecule has 0 aliphatic heterocycles. The van der Waals surface area contributed by atoms with Gasteiger partial charge >= 0.3 is 39.5 Å². The predicted octanol–water partition coefficient (Wildman–Crippen LogP) is 23.4. The SMILES string of the molecule is CCCCCCCCCCCCCC(=O)OC[C@H](COP(=O)(O)OC[C@H](O)COP(=O)(O)OC[C@@H](COC(=O)CCCCCCCCCCCCCCC(C)C)OC(=O)CCCCCCCCCCCCCCCCC(C)CC)OC(=O)CCCCCCCCCCCCC(C)CC. The van der Waals surface area contributed by atoms with Gasteiger partial charge in [-0.3, -0.25) is 37.3 Å². The summed E-state index contributed by atoms with van der Waals surface area (Å²) in [4.78, 5) is 73.0. The quantitative estimate of drug-likeness (QED) is 0.0222. The average molecular weight is 1440 g/mol. The Kier molecular flexibility index (Phi) is 68.1. The van der Waals surface area contributed by atoms with Crippen molar-refractivity contribution < 1.29 is 80.2 Å². The molecule has 0 saturated carbocycles. The molecule has 0 spiro atoms. The predicted molar refractivity (Wildman–Crippen MR) is 400 cm³/mol. The Bertz CT molecular complexity index is 1910. The molecule has 0 aromatic carbocycles. The average Bonchev–Trinajstić information content (AvgIpc) is 0.955. The van der Waals surface area contributed by atoms with Crippen molar-refractivity contribution >= 4 is 39.5 Å². The first-order valence-electron chi connectivity index (χ1n) is 40.9. The maximum atomic E-state index is 13.1. The van der Waals surface area contributed by atoms with E-state index in [4.69, 9.17) is 37.0 Å². The lowest BCUT2D eigenvalue weighted by molar-refractivity contribution is -0.161. The molecule has 0 aliphatic rings. The van der Waals surface area contributed by atoms with Gasteiger partial charge in [0.05, 0.1) is 26.4 Å². The minimum Gasteiger partial charge on any atom is -0.462 e. The Morgan fingerprint density at radius 3 is 0.776 bits per heavy atom. The molecule has 7 atom stereocenters. The molecule has 0 radical (unpaired) electrons. The van der Waals surface area contributed by atoms with Crippen LogP contribution in [-0.4, -0.2) is 96.7 Å². The summed E-state index contributed by atoms with van der Waals surface area (Å²) in [6.07, 6.45) is 56.6. The molecule has 3 N–H and O–H groups in total. The van der Waals surface area contributed by atoms with Crippen LogP contribution in [0.15, 0.2) is 0 Å². The summed E-state index contributed by atoms with van der Waals surface area (Å²) in [5, 5.41) is 10.6. The van der Waals surface area contributed by atoms with Crippen molar-refractivity contribution in [3.05, 3.63) is 0 Å². The van der Waals surface area contributed by atoms with E-state index in [2.05, 4.69) is 48.5 Å². The van der Waals surface area contributed by atoms with Crippen LogP contribution in [0.1, 0.15) is 408 Å². The Labute approximate surface area is 600 Å². The van der Waals surface area contributed by atoms with Gasteiger partial charge in [-0.1, -0.05) is 357 Å². The number of aliphatic hydroxyl groups excluding tert-OH is 1. The van der Waals surface area contributed by atoms with E-state index >= 15 is 0 Å². The van der Waals surface area contributed by atoms with E-state index in [0.717, 1.165) is 108 Å². The number of phosphoric acid groups is 2. The third kappa shape index (κ3) is 69.8. The smallest absolute Gasteiger partial charge is 0.462 e. The Morgan fingerprint density at radius 1 is 0.296 bits per heavy atom. The van der Waals surface area contributed by atoms with Crippen molar-refractivity contribution in [1.82, 2.24) is 0 Å².